The Labute approximate surface area is 65.7 Å². The fourth-order valence-electron chi connectivity index (χ4n) is 0.582. The molecule has 1 N–H and O–H groups in total. The maximum atomic E-state index is 10.4. The van der Waals surface area contributed by atoms with E-state index in [1.165, 1.54) is 6.26 Å². The first kappa shape index (κ1) is 8.03. The van der Waals surface area contributed by atoms with Crippen LogP contribution in [0.2, 0.25) is 0 Å². The number of allylic oxidation sites excluding steroid dienone is 2. The van der Waals surface area contributed by atoms with Crippen LogP contribution in [0.15, 0.2) is 24.5 Å². The van der Waals surface area contributed by atoms with E-state index in [0.29, 0.717) is 6.42 Å². The Kier molecular flexibility index (Phi) is 2.88. The van der Waals surface area contributed by atoms with Gasteiger partial charge in [0, 0.05) is 6.42 Å². The molecule has 0 spiro atoms. The van der Waals surface area contributed by atoms with Gasteiger partial charge in [-0.3, -0.25) is 0 Å². The van der Waals surface area contributed by atoms with Crippen molar-refractivity contribution in [2.75, 3.05) is 0 Å². The lowest BCUT2D eigenvalue weighted by atomic mass is 10.4. The number of rotatable bonds is 0. The third-order valence-corrected chi connectivity index (χ3v) is 1.72. The van der Waals surface area contributed by atoms with Crippen LogP contribution in [-0.4, -0.2) is 13.4 Å². The summed E-state index contributed by atoms with van der Waals surface area (Å²) in [7, 11) is -2.23. The quantitative estimate of drug-likeness (QED) is 0.523. The molecule has 0 saturated carbocycles. The first-order valence-corrected chi connectivity index (χ1v) is 4.06. The molecule has 1 aliphatic rings. The molecular weight excluding hydrogens is 166 g/mol. The summed E-state index contributed by atoms with van der Waals surface area (Å²) < 4.78 is 20.8. The zero-order valence-electron chi connectivity index (χ0n) is 5.65. The van der Waals surface area contributed by atoms with E-state index in [9.17, 15) is 8.42 Å². The van der Waals surface area contributed by atoms with Crippen molar-refractivity contribution in [2.45, 2.75) is 6.42 Å². The van der Waals surface area contributed by atoms with Crippen LogP contribution in [0.3, 0.4) is 0 Å². The molecule has 60 valence electrons. The summed E-state index contributed by atoms with van der Waals surface area (Å²) in [5.74, 6) is 0. The van der Waals surface area contributed by atoms with Gasteiger partial charge in [0.15, 0.2) is 4.99 Å². The zero-order valence-corrected chi connectivity index (χ0v) is 6.47. The van der Waals surface area contributed by atoms with Gasteiger partial charge in [-0.05, 0) is 6.08 Å². The van der Waals surface area contributed by atoms with E-state index in [2.05, 4.69) is 10.3 Å². The normalized spacial score (nSPS) is 16.9. The number of hydrogen-bond donors (Lipinski definition) is 1. The van der Waals surface area contributed by atoms with Crippen LogP contribution in [0.1, 0.15) is 6.42 Å². The highest BCUT2D eigenvalue weighted by Crippen LogP contribution is 1.90. The third-order valence-electron chi connectivity index (χ3n) is 1.07. The predicted molar refractivity (Wildman–Crippen MR) is 41.0 cm³/mol. The van der Waals surface area contributed by atoms with Gasteiger partial charge in [0.2, 0.25) is 10.3 Å². The lowest BCUT2D eigenvalue weighted by Gasteiger charge is -2.01. The highest BCUT2D eigenvalue weighted by molar-refractivity contribution is 7.72. The van der Waals surface area contributed by atoms with E-state index >= 15 is 0 Å². The molecule has 0 unspecified atom stereocenters. The van der Waals surface area contributed by atoms with Crippen molar-refractivity contribution in [3.8, 4) is 0 Å². The van der Waals surface area contributed by atoms with Crippen LogP contribution in [0.5, 0.6) is 0 Å². The smallest absolute Gasteiger partial charge is 0.231 e. The number of nitrogens with one attached hydrogen (secondary N) is 1. The summed E-state index contributed by atoms with van der Waals surface area (Å²) in [6.07, 6.45) is 6.80. The van der Waals surface area contributed by atoms with Crippen LogP contribution < -0.4 is 5.48 Å². The highest BCUT2D eigenvalue weighted by atomic mass is 32.2. The topological polar surface area (TPSA) is 55.4 Å². The number of hydroxylamine groups is 1. The SMILES string of the molecule is O=S(=O)=C1CC=CC=CON1. The second kappa shape index (κ2) is 3.95. The third kappa shape index (κ3) is 2.57. The molecule has 0 aromatic rings. The zero-order chi connectivity index (χ0) is 8.10. The Morgan fingerprint density at radius 1 is 1.45 bits per heavy atom. The lowest BCUT2D eigenvalue weighted by Crippen LogP contribution is -2.22. The summed E-state index contributed by atoms with van der Waals surface area (Å²) in [5, 5.41) is 0. The van der Waals surface area contributed by atoms with E-state index < -0.39 is 10.3 Å². The molecule has 0 aromatic carbocycles. The first-order valence-electron chi connectivity index (χ1n) is 2.99. The minimum Gasteiger partial charge on any atom is -0.411 e. The van der Waals surface area contributed by atoms with Gasteiger partial charge >= 0.3 is 0 Å². The molecule has 0 atom stereocenters. The minimum absolute atomic E-state index is 0.130. The second-order valence-electron chi connectivity index (χ2n) is 1.84. The predicted octanol–water partition coefficient (Wildman–Crippen LogP) is -0.00980. The van der Waals surface area contributed by atoms with Gasteiger partial charge in [-0.1, -0.05) is 12.2 Å². The van der Waals surface area contributed by atoms with Crippen molar-refractivity contribution in [3.63, 3.8) is 0 Å². The molecule has 5 heteroatoms. The van der Waals surface area contributed by atoms with Crippen molar-refractivity contribution in [1.29, 1.82) is 0 Å². The van der Waals surface area contributed by atoms with Crippen molar-refractivity contribution in [2.24, 2.45) is 0 Å². The average Bonchev–Trinajstić information content (AvgIpc) is 1.84. The fourth-order valence-corrected chi connectivity index (χ4v) is 0.930. The summed E-state index contributed by atoms with van der Waals surface area (Å²) in [5.41, 5.74) is 2.29. The van der Waals surface area contributed by atoms with Gasteiger partial charge in [-0.15, -0.1) is 5.48 Å². The standard InChI is InChI=1S/C6H7NO3S/c8-11(9)6-4-2-1-3-5-10-7-6/h1-3,5,7H,4H2. The summed E-state index contributed by atoms with van der Waals surface area (Å²) in [6.45, 7) is 0. The molecular formula is C6H7NO3S. The van der Waals surface area contributed by atoms with Crippen molar-refractivity contribution in [3.05, 3.63) is 24.5 Å². The summed E-state index contributed by atoms with van der Waals surface area (Å²) in [6, 6.07) is 0. The Balaban J connectivity index is 2.83. The monoisotopic (exact) mass is 173 g/mol. The van der Waals surface area contributed by atoms with Gasteiger partial charge < -0.3 is 4.84 Å². The molecule has 1 aliphatic heterocycles. The molecule has 4 nitrogen and oxygen atoms in total. The Bertz CT molecular complexity index is 305. The Morgan fingerprint density at radius 2 is 2.27 bits per heavy atom. The fraction of sp³-hybridized carbons (Fsp3) is 0.167. The Morgan fingerprint density at radius 3 is 3.00 bits per heavy atom. The second-order valence-corrected chi connectivity index (χ2v) is 2.80. The molecule has 0 radical (unpaired) electrons. The van der Waals surface area contributed by atoms with Crippen molar-refractivity contribution < 1.29 is 13.3 Å². The van der Waals surface area contributed by atoms with Gasteiger partial charge in [0.25, 0.3) is 0 Å². The molecule has 0 amide bonds. The number of hydrogen-bond acceptors (Lipinski definition) is 3. The van der Waals surface area contributed by atoms with E-state index in [1.54, 1.807) is 18.2 Å². The van der Waals surface area contributed by atoms with E-state index in [0.717, 1.165) is 0 Å². The van der Waals surface area contributed by atoms with Crippen molar-refractivity contribution in [1.82, 2.24) is 5.48 Å². The average molecular weight is 173 g/mol. The van der Waals surface area contributed by atoms with Crippen molar-refractivity contribution >= 4 is 15.3 Å². The molecule has 11 heavy (non-hydrogen) atoms. The molecule has 0 fully saturated rings. The lowest BCUT2D eigenvalue weighted by molar-refractivity contribution is 0.194. The van der Waals surface area contributed by atoms with Crippen LogP contribution in [0.4, 0.5) is 0 Å². The molecule has 1 rings (SSSR count). The Hall–Kier alpha value is -1.07. The van der Waals surface area contributed by atoms with E-state index in [4.69, 9.17) is 0 Å². The largest absolute Gasteiger partial charge is 0.411 e. The molecule has 0 saturated heterocycles. The minimum atomic E-state index is -2.23. The van der Waals surface area contributed by atoms with Crippen LogP contribution in [0.25, 0.3) is 0 Å². The maximum absolute atomic E-state index is 10.4. The first-order chi connectivity index (χ1) is 5.30. The van der Waals surface area contributed by atoms with Gasteiger partial charge in [0.1, 0.15) is 6.26 Å². The van der Waals surface area contributed by atoms with Crippen LogP contribution in [0, 0.1) is 0 Å². The van der Waals surface area contributed by atoms with Crippen LogP contribution in [-0.2, 0) is 15.1 Å². The molecule has 0 aliphatic carbocycles. The maximum Gasteiger partial charge on any atom is 0.231 e. The molecule has 0 aromatic heterocycles. The summed E-state index contributed by atoms with van der Waals surface area (Å²) in [4.78, 5) is 4.77. The molecule has 1 heterocycles. The van der Waals surface area contributed by atoms with Gasteiger partial charge in [-0.25, -0.2) is 0 Å². The van der Waals surface area contributed by atoms with Gasteiger partial charge in [0.05, 0.1) is 0 Å². The van der Waals surface area contributed by atoms with Crippen LogP contribution >= 0.6 is 0 Å². The highest BCUT2D eigenvalue weighted by Gasteiger charge is 1.98. The summed E-state index contributed by atoms with van der Waals surface area (Å²) >= 11 is 0. The molecule has 0 bridgehead atoms. The van der Waals surface area contributed by atoms with Gasteiger partial charge in [-0.2, -0.15) is 8.42 Å². The van der Waals surface area contributed by atoms with E-state index in [1.807, 2.05) is 0 Å². The van der Waals surface area contributed by atoms with E-state index in [-0.39, 0.29) is 4.99 Å².